The number of rotatable bonds is 14. The first-order valence-electron chi connectivity index (χ1n) is 9.90. The van der Waals surface area contributed by atoms with Crippen LogP contribution in [0.2, 0.25) is 0 Å². The molecule has 0 spiro atoms. The van der Waals surface area contributed by atoms with Gasteiger partial charge in [0.25, 0.3) is 0 Å². The van der Waals surface area contributed by atoms with Crippen LogP contribution in [0.25, 0.3) is 0 Å². The highest BCUT2D eigenvalue weighted by Gasteiger charge is 2.37. The van der Waals surface area contributed by atoms with Gasteiger partial charge in [0.1, 0.15) is 0 Å². The summed E-state index contributed by atoms with van der Waals surface area (Å²) in [4.78, 5) is 0. The van der Waals surface area contributed by atoms with Crippen molar-refractivity contribution in [3.05, 3.63) is 23.8 Å². The zero-order valence-corrected chi connectivity index (χ0v) is 16.2. The summed E-state index contributed by atoms with van der Waals surface area (Å²) in [5.41, 5.74) is 0.538. The van der Waals surface area contributed by atoms with Gasteiger partial charge in [0.05, 0.1) is 18.8 Å². The van der Waals surface area contributed by atoms with Crippen LogP contribution in [-0.4, -0.2) is 23.4 Å². The number of hydrogen-bond donors (Lipinski definition) is 2. The maximum atomic E-state index is 10.4. The Bertz CT molecular complexity index is 463. The minimum absolute atomic E-state index is 0.131. The van der Waals surface area contributed by atoms with Crippen LogP contribution in [0.4, 0.5) is 0 Å². The van der Waals surface area contributed by atoms with E-state index in [-0.39, 0.29) is 11.5 Å². The lowest BCUT2D eigenvalue weighted by Gasteiger charge is -2.35. The van der Waals surface area contributed by atoms with Crippen LogP contribution in [0.1, 0.15) is 84.1 Å². The molecule has 1 rings (SSSR count). The van der Waals surface area contributed by atoms with E-state index in [1.54, 1.807) is 12.1 Å². The zero-order valence-electron chi connectivity index (χ0n) is 16.2. The van der Waals surface area contributed by atoms with Crippen molar-refractivity contribution in [3.8, 4) is 11.5 Å². The van der Waals surface area contributed by atoms with Crippen LogP contribution in [0.5, 0.6) is 11.5 Å². The SMILES string of the molecule is CCCCCCC(OCCCC)(OCCCC)c1cccc(O)c1O. The monoisotopic (exact) mass is 352 g/mol. The molecule has 0 aromatic heterocycles. The third kappa shape index (κ3) is 6.87. The molecular weight excluding hydrogens is 316 g/mol. The Labute approximate surface area is 153 Å². The van der Waals surface area contributed by atoms with Crippen molar-refractivity contribution in [2.45, 2.75) is 84.3 Å². The van der Waals surface area contributed by atoms with Crippen LogP contribution in [0.15, 0.2) is 18.2 Å². The lowest BCUT2D eigenvalue weighted by molar-refractivity contribution is -0.253. The van der Waals surface area contributed by atoms with Gasteiger partial charge in [0.15, 0.2) is 17.3 Å². The fourth-order valence-corrected chi connectivity index (χ4v) is 2.86. The number of para-hydroxylation sites is 1. The molecule has 0 aliphatic carbocycles. The number of ether oxygens (including phenoxy) is 2. The lowest BCUT2D eigenvalue weighted by atomic mass is 9.96. The van der Waals surface area contributed by atoms with Crippen LogP contribution < -0.4 is 0 Å². The second kappa shape index (κ2) is 12.2. The summed E-state index contributed by atoms with van der Waals surface area (Å²) >= 11 is 0. The zero-order chi connectivity index (χ0) is 18.5. The Hall–Kier alpha value is -1.26. The van der Waals surface area contributed by atoms with Crippen molar-refractivity contribution in [2.24, 2.45) is 0 Å². The fraction of sp³-hybridized carbons (Fsp3) is 0.714. The van der Waals surface area contributed by atoms with Crippen LogP contribution in [0.3, 0.4) is 0 Å². The average Bonchev–Trinajstić information content (AvgIpc) is 2.61. The average molecular weight is 353 g/mol. The van der Waals surface area contributed by atoms with Crippen LogP contribution in [0, 0.1) is 0 Å². The minimum Gasteiger partial charge on any atom is -0.504 e. The molecule has 0 atom stereocenters. The molecule has 0 aliphatic heterocycles. The second-order valence-corrected chi connectivity index (χ2v) is 6.64. The molecular formula is C21H36O4. The molecule has 1 aromatic rings. The molecule has 2 N–H and O–H groups in total. The smallest absolute Gasteiger partial charge is 0.198 e. The first kappa shape index (κ1) is 21.8. The third-order valence-electron chi connectivity index (χ3n) is 4.45. The van der Waals surface area contributed by atoms with Gasteiger partial charge in [0.2, 0.25) is 0 Å². The van der Waals surface area contributed by atoms with E-state index < -0.39 is 5.79 Å². The Kier molecular flexibility index (Phi) is 10.6. The van der Waals surface area contributed by atoms with Gasteiger partial charge >= 0.3 is 0 Å². The third-order valence-corrected chi connectivity index (χ3v) is 4.45. The largest absolute Gasteiger partial charge is 0.504 e. The quantitative estimate of drug-likeness (QED) is 0.250. The van der Waals surface area contributed by atoms with E-state index in [0.717, 1.165) is 44.9 Å². The fourth-order valence-electron chi connectivity index (χ4n) is 2.86. The van der Waals surface area contributed by atoms with E-state index in [1.807, 2.05) is 0 Å². The summed E-state index contributed by atoms with van der Waals surface area (Å²) in [5.74, 6) is -1.25. The first-order chi connectivity index (χ1) is 12.1. The van der Waals surface area contributed by atoms with E-state index in [9.17, 15) is 10.2 Å². The molecule has 0 radical (unpaired) electrons. The normalized spacial score (nSPS) is 11.8. The Balaban J connectivity index is 3.08. The van der Waals surface area contributed by atoms with Gasteiger partial charge in [-0.1, -0.05) is 58.9 Å². The summed E-state index contributed by atoms with van der Waals surface area (Å²) in [6.45, 7) is 7.58. The van der Waals surface area contributed by atoms with Crippen LogP contribution >= 0.6 is 0 Å². The molecule has 0 unspecified atom stereocenters. The van der Waals surface area contributed by atoms with Gasteiger partial charge in [-0.2, -0.15) is 0 Å². The van der Waals surface area contributed by atoms with E-state index >= 15 is 0 Å². The Morgan fingerprint density at radius 1 is 0.800 bits per heavy atom. The molecule has 4 nitrogen and oxygen atoms in total. The second-order valence-electron chi connectivity index (χ2n) is 6.64. The molecule has 0 fully saturated rings. The summed E-state index contributed by atoms with van der Waals surface area (Å²) in [6.07, 6.45) is 9.02. The van der Waals surface area contributed by atoms with E-state index in [2.05, 4.69) is 20.8 Å². The minimum atomic E-state index is -0.985. The lowest BCUT2D eigenvalue weighted by Crippen LogP contribution is -2.34. The van der Waals surface area contributed by atoms with Crippen molar-refractivity contribution in [1.29, 1.82) is 0 Å². The molecule has 0 saturated carbocycles. The van der Waals surface area contributed by atoms with Gasteiger partial charge in [-0.25, -0.2) is 0 Å². The van der Waals surface area contributed by atoms with Gasteiger partial charge < -0.3 is 19.7 Å². The van der Waals surface area contributed by atoms with Gasteiger partial charge in [-0.3, -0.25) is 0 Å². The summed E-state index contributed by atoms with van der Waals surface area (Å²) in [7, 11) is 0. The molecule has 0 bridgehead atoms. The highest BCUT2D eigenvalue weighted by Crippen LogP contribution is 2.42. The van der Waals surface area contributed by atoms with Crippen molar-refractivity contribution in [2.75, 3.05) is 13.2 Å². The Morgan fingerprint density at radius 2 is 1.40 bits per heavy atom. The molecule has 4 heteroatoms. The molecule has 0 aliphatic rings. The van der Waals surface area contributed by atoms with Crippen molar-refractivity contribution in [1.82, 2.24) is 0 Å². The first-order valence-corrected chi connectivity index (χ1v) is 9.90. The maximum Gasteiger partial charge on any atom is 0.198 e. The van der Waals surface area contributed by atoms with Gasteiger partial charge in [-0.05, 0) is 31.4 Å². The van der Waals surface area contributed by atoms with E-state index in [1.165, 1.54) is 12.5 Å². The number of phenolic OH excluding ortho intramolecular Hbond substituents is 2. The Morgan fingerprint density at radius 3 is 1.96 bits per heavy atom. The standard InChI is InChI=1S/C21H36O4/c1-4-7-10-11-15-21(24-16-8-5-2,25-17-9-6-3)18-13-12-14-19(22)20(18)23/h12-14,22-23H,4-11,15-17H2,1-3H3. The van der Waals surface area contributed by atoms with Crippen molar-refractivity contribution < 1.29 is 19.7 Å². The summed E-state index contributed by atoms with van der Waals surface area (Å²) in [6, 6.07) is 5.02. The highest BCUT2D eigenvalue weighted by molar-refractivity contribution is 5.46. The molecule has 144 valence electrons. The maximum absolute atomic E-state index is 10.4. The molecule has 25 heavy (non-hydrogen) atoms. The molecule has 0 amide bonds. The molecule has 1 aromatic carbocycles. The number of phenols is 2. The highest BCUT2D eigenvalue weighted by atomic mass is 16.7. The van der Waals surface area contributed by atoms with Crippen LogP contribution in [-0.2, 0) is 15.3 Å². The predicted molar refractivity (Wildman–Crippen MR) is 102 cm³/mol. The van der Waals surface area contributed by atoms with Crippen molar-refractivity contribution in [3.63, 3.8) is 0 Å². The predicted octanol–water partition coefficient (Wildman–Crippen LogP) is 5.85. The van der Waals surface area contributed by atoms with Gasteiger partial charge in [0, 0.05) is 6.42 Å². The topological polar surface area (TPSA) is 58.9 Å². The van der Waals surface area contributed by atoms with Gasteiger partial charge in [-0.15, -0.1) is 0 Å². The number of hydrogen-bond acceptors (Lipinski definition) is 4. The number of benzene rings is 1. The van der Waals surface area contributed by atoms with Crippen molar-refractivity contribution >= 4 is 0 Å². The number of unbranched alkanes of at least 4 members (excludes halogenated alkanes) is 5. The summed E-state index contributed by atoms with van der Waals surface area (Å²) < 4.78 is 12.5. The van der Waals surface area contributed by atoms with E-state index in [0.29, 0.717) is 25.2 Å². The number of aromatic hydroxyl groups is 2. The molecule has 0 heterocycles. The summed E-state index contributed by atoms with van der Waals surface area (Å²) in [5, 5.41) is 20.4. The van der Waals surface area contributed by atoms with E-state index in [4.69, 9.17) is 9.47 Å². The molecule has 0 saturated heterocycles.